The van der Waals surface area contributed by atoms with Gasteiger partial charge in [-0.05, 0) is 62.5 Å². The molecule has 1 aliphatic rings. The number of ether oxygens (including phenoxy) is 1. The summed E-state index contributed by atoms with van der Waals surface area (Å²) in [4.78, 5) is 14.8. The molecule has 0 spiro atoms. The van der Waals surface area contributed by atoms with Crippen LogP contribution in [0, 0.1) is 6.92 Å². The molecule has 2 rings (SSSR count). The van der Waals surface area contributed by atoms with Gasteiger partial charge in [-0.3, -0.25) is 4.79 Å². The van der Waals surface area contributed by atoms with Crippen molar-refractivity contribution in [3.8, 4) is 5.75 Å². The summed E-state index contributed by atoms with van der Waals surface area (Å²) >= 11 is 0. The zero-order valence-electron chi connectivity index (χ0n) is 17.9. The van der Waals surface area contributed by atoms with Crippen molar-refractivity contribution in [1.29, 1.82) is 0 Å². The predicted octanol–water partition coefficient (Wildman–Crippen LogP) is 3.98. The molecule has 5 heteroatoms. The number of aliphatic hydroxyl groups excluding tert-OH is 1. The van der Waals surface area contributed by atoms with E-state index in [-0.39, 0.29) is 11.9 Å². The van der Waals surface area contributed by atoms with Crippen LogP contribution >= 0.6 is 0 Å². The molecular weight excluding hydrogens is 352 g/mol. The summed E-state index contributed by atoms with van der Waals surface area (Å²) < 4.78 is 5.32. The molecule has 1 heterocycles. The number of unbranched alkanes of at least 4 members (excludes halogenated alkanes) is 4. The van der Waals surface area contributed by atoms with Gasteiger partial charge in [0.15, 0.2) is 0 Å². The minimum Gasteiger partial charge on any atom is -0.496 e. The monoisotopic (exact) mass is 390 g/mol. The van der Waals surface area contributed by atoms with E-state index in [1.54, 1.807) is 7.11 Å². The van der Waals surface area contributed by atoms with E-state index < -0.39 is 6.10 Å². The first-order valence-electron chi connectivity index (χ1n) is 10.9. The van der Waals surface area contributed by atoms with Gasteiger partial charge in [-0.2, -0.15) is 0 Å². The second-order valence-electron chi connectivity index (χ2n) is 8.02. The Balaban J connectivity index is 1.99. The largest absolute Gasteiger partial charge is 0.496 e. The van der Waals surface area contributed by atoms with Gasteiger partial charge in [0.25, 0.3) is 0 Å². The number of nitrogens with zero attached hydrogens (tertiary/aromatic N) is 1. The molecule has 0 bridgehead atoms. The number of carbonyl (C=O) groups excluding carboxylic acids is 1. The number of methoxy groups -OCH3 is 1. The topological polar surface area (TPSA) is 61.8 Å². The Morgan fingerprint density at radius 3 is 2.57 bits per heavy atom. The standard InChI is InChI=1S/C23H38N2O3/c1-4-5-6-7-8-11-22(26)24-20(17-25-14-9-10-15-25)23(27)19-12-13-21(28-3)18(2)16-19/h12-13,16,20,23,27H,4-11,14-15,17H2,1-3H3,(H,24,26)/t20-,23-/m1/s1. The van der Waals surface area contributed by atoms with Crippen LogP contribution < -0.4 is 10.1 Å². The molecule has 5 nitrogen and oxygen atoms in total. The Hall–Kier alpha value is -1.59. The molecule has 2 N–H and O–H groups in total. The van der Waals surface area contributed by atoms with Gasteiger partial charge >= 0.3 is 0 Å². The number of likely N-dealkylation sites (tertiary alicyclic amines) is 1. The normalized spacial score (nSPS) is 16.7. The fraction of sp³-hybridized carbons (Fsp3) is 0.696. The number of benzene rings is 1. The van der Waals surface area contributed by atoms with E-state index >= 15 is 0 Å². The van der Waals surface area contributed by atoms with Crippen molar-refractivity contribution in [2.24, 2.45) is 0 Å². The molecule has 2 atom stereocenters. The number of aliphatic hydroxyl groups is 1. The molecule has 1 amide bonds. The Labute approximate surface area is 170 Å². The average molecular weight is 391 g/mol. The van der Waals surface area contributed by atoms with E-state index in [0.29, 0.717) is 13.0 Å². The molecule has 0 aromatic heterocycles. The predicted molar refractivity (Wildman–Crippen MR) is 114 cm³/mol. The molecule has 1 saturated heterocycles. The van der Waals surface area contributed by atoms with Crippen LogP contribution in [0.1, 0.15) is 75.5 Å². The third-order valence-electron chi connectivity index (χ3n) is 5.65. The quantitative estimate of drug-likeness (QED) is 0.530. The maximum absolute atomic E-state index is 12.5. The highest BCUT2D eigenvalue weighted by molar-refractivity contribution is 5.76. The van der Waals surface area contributed by atoms with Crippen LogP contribution in [-0.2, 0) is 4.79 Å². The highest BCUT2D eigenvalue weighted by Crippen LogP contribution is 2.25. The average Bonchev–Trinajstić information content (AvgIpc) is 3.20. The van der Waals surface area contributed by atoms with Gasteiger partial charge in [-0.25, -0.2) is 0 Å². The summed E-state index contributed by atoms with van der Waals surface area (Å²) in [6.45, 7) is 6.93. The van der Waals surface area contributed by atoms with E-state index in [9.17, 15) is 9.90 Å². The highest BCUT2D eigenvalue weighted by atomic mass is 16.5. The summed E-state index contributed by atoms with van der Waals surface area (Å²) in [7, 11) is 1.65. The number of carbonyl (C=O) groups is 1. The van der Waals surface area contributed by atoms with Crippen LogP contribution in [0.5, 0.6) is 5.75 Å². The van der Waals surface area contributed by atoms with Gasteiger partial charge in [0.2, 0.25) is 5.91 Å². The van der Waals surface area contributed by atoms with Crippen LogP contribution in [0.4, 0.5) is 0 Å². The molecule has 1 fully saturated rings. The summed E-state index contributed by atoms with van der Waals surface area (Å²) in [5.41, 5.74) is 1.81. The number of hydrogen-bond donors (Lipinski definition) is 2. The van der Waals surface area contributed by atoms with E-state index in [1.807, 2.05) is 25.1 Å². The van der Waals surface area contributed by atoms with E-state index in [2.05, 4.69) is 17.1 Å². The van der Waals surface area contributed by atoms with E-state index in [1.165, 1.54) is 32.1 Å². The van der Waals surface area contributed by atoms with Gasteiger partial charge in [0, 0.05) is 13.0 Å². The number of hydrogen-bond acceptors (Lipinski definition) is 4. The first-order valence-corrected chi connectivity index (χ1v) is 10.9. The van der Waals surface area contributed by atoms with Gasteiger partial charge in [0.1, 0.15) is 11.9 Å². The zero-order valence-corrected chi connectivity index (χ0v) is 17.9. The minimum atomic E-state index is -0.728. The summed E-state index contributed by atoms with van der Waals surface area (Å²) in [5, 5.41) is 14.2. The van der Waals surface area contributed by atoms with Gasteiger partial charge in [-0.15, -0.1) is 0 Å². The van der Waals surface area contributed by atoms with Crippen LogP contribution in [-0.4, -0.2) is 48.7 Å². The first-order chi connectivity index (χ1) is 13.5. The fourth-order valence-electron chi connectivity index (χ4n) is 3.95. The lowest BCUT2D eigenvalue weighted by Crippen LogP contribution is -2.46. The molecular formula is C23H38N2O3. The third-order valence-corrected chi connectivity index (χ3v) is 5.65. The Kier molecular flexibility index (Phi) is 9.79. The summed E-state index contributed by atoms with van der Waals surface area (Å²) in [5.74, 6) is 0.855. The van der Waals surface area contributed by atoms with Gasteiger partial charge in [0.05, 0.1) is 13.2 Å². The van der Waals surface area contributed by atoms with Crippen molar-refractivity contribution >= 4 is 5.91 Å². The van der Waals surface area contributed by atoms with Crippen LogP contribution in [0.15, 0.2) is 18.2 Å². The summed E-state index contributed by atoms with van der Waals surface area (Å²) in [6, 6.07) is 5.44. The van der Waals surface area contributed by atoms with Gasteiger partial charge < -0.3 is 20.1 Å². The Bertz CT molecular complexity index is 600. The lowest BCUT2D eigenvalue weighted by molar-refractivity contribution is -0.123. The van der Waals surface area contributed by atoms with Crippen molar-refractivity contribution in [3.63, 3.8) is 0 Å². The first kappa shape index (κ1) is 22.7. The summed E-state index contributed by atoms with van der Waals surface area (Å²) in [6.07, 6.45) is 7.83. The van der Waals surface area contributed by atoms with Crippen molar-refractivity contribution in [1.82, 2.24) is 10.2 Å². The third kappa shape index (κ3) is 7.10. The number of rotatable bonds is 12. The molecule has 1 aromatic carbocycles. The van der Waals surface area contributed by atoms with Crippen LogP contribution in [0.2, 0.25) is 0 Å². The van der Waals surface area contributed by atoms with Crippen LogP contribution in [0.3, 0.4) is 0 Å². The zero-order chi connectivity index (χ0) is 20.4. The second-order valence-corrected chi connectivity index (χ2v) is 8.02. The second kappa shape index (κ2) is 12.1. The molecule has 28 heavy (non-hydrogen) atoms. The molecule has 1 aromatic rings. The van der Waals surface area contributed by atoms with Crippen molar-refractivity contribution in [2.75, 3.05) is 26.7 Å². The number of nitrogens with one attached hydrogen (secondary N) is 1. The SMILES string of the molecule is CCCCCCCC(=O)N[C@H](CN1CCCC1)[C@H](O)c1ccc(OC)c(C)c1. The minimum absolute atomic E-state index is 0.0463. The van der Waals surface area contributed by atoms with Gasteiger partial charge in [-0.1, -0.05) is 38.7 Å². The molecule has 158 valence electrons. The highest BCUT2D eigenvalue weighted by Gasteiger charge is 2.26. The maximum Gasteiger partial charge on any atom is 0.220 e. The number of aryl methyl sites for hydroxylation is 1. The lowest BCUT2D eigenvalue weighted by atomic mass is 9.99. The Morgan fingerprint density at radius 1 is 1.21 bits per heavy atom. The number of amides is 1. The van der Waals surface area contributed by atoms with E-state index in [4.69, 9.17) is 4.74 Å². The van der Waals surface area contributed by atoms with Crippen molar-refractivity contribution in [2.45, 2.75) is 77.4 Å². The Morgan fingerprint density at radius 2 is 1.93 bits per heavy atom. The van der Waals surface area contributed by atoms with Crippen molar-refractivity contribution in [3.05, 3.63) is 29.3 Å². The molecule has 0 saturated carbocycles. The molecule has 0 radical (unpaired) electrons. The maximum atomic E-state index is 12.5. The lowest BCUT2D eigenvalue weighted by Gasteiger charge is -2.29. The smallest absolute Gasteiger partial charge is 0.220 e. The van der Waals surface area contributed by atoms with Crippen molar-refractivity contribution < 1.29 is 14.6 Å². The molecule has 1 aliphatic heterocycles. The van der Waals surface area contributed by atoms with Crippen LogP contribution in [0.25, 0.3) is 0 Å². The fourth-order valence-corrected chi connectivity index (χ4v) is 3.95. The molecule has 0 unspecified atom stereocenters. The molecule has 0 aliphatic carbocycles. The van der Waals surface area contributed by atoms with E-state index in [0.717, 1.165) is 42.8 Å².